The van der Waals surface area contributed by atoms with Gasteiger partial charge in [-0.1, -0.05) is 20.8 Å². The van der Waals surface area contributed by atoms with E-state index in [0.717, 1.165) is 19.6 Å². The molecule has 0 aromatic heterocycles. The lowest BCUT2D eigenvalue weighted by Crippen LogP contribution is -2.49. The SMILES string of the molecule is CCC1(C(C#N)C(C)C)COC1. The highest BCUT2D eigenvalue weighted by Crippen LogP contribution is 2.42. The van der Waals surface area contributed by atoms with E-state index in [9.17, 15) is 0 Å². The second-order valence-corrected chi connectivity index (χ2v) is 4.06. The lowest BCUT2D eigenvalue weighted by Gasteiger charge is -2.45. The van der Waals surface area contributed by atoms with Crippen molar-refractivity contribution in [1.82, 2.24) is 0 Å². The monoisotopic (exact) mass is 167 g/mol. The van der Waals surface area contributed by atoms with E-state index in [1.807, 2.05) is 0 Å². The summed E-state index contributed by atoms with van der Waals surface area (Å²) in [7, 11) is 0. The first-order chi connectivity index (χ1) is 5.66. The lowest BCUT2D eigenvalue weighted by molar-refractivity contribution is -0.144. The van der Waals surface area contributed by atoms with Gasteiger partial charge in [0.05, 0.1) is 25.2 Å². The Balaban J connectivity index is 2.70. The molecule has 0 spiro atoms. The largest absolute Gasteiger partial charge is 0.380 e. The Morgan fingerprint density at radius 3 is 2.17 bits per heavy atom. The molecule has 0 amide bonds. The van der Waals surface area contributed by atoms with Crippen molar-refractivity contribution >= 4 is 0 Å². The molecule has 1 fully saturated rings. The van der Waals surface area contributed by atoms with Crippen LogP contribution in [0.25, 0.3) is 0 Å². The van der Waals surface area contributed by atoms with Crippen LogP contribution in [0.4, 0.5) is 0 Å². The number of ether oxygens (including phenoxy) is 1. The van der Waals surface area contributed by atoms with E-state index < -0.39 is 0 Å². The Morgan fingerprint density at radius 1 is 1.50 bits per heavy atom. The average molecular weight is 167 g/mol. The van der Waals surface area contributed by atoms with Gasteiger partial charge in [-0.3, -0.25) is 0 Å². The van der Waals surface area contributed by atoms with Gasteiger partial charge in [0, 0.05) is 5.41 Å². The van der Waals surface area contributed by atoms with Crippen molar-refractivity contribution in [2.75, 3.05) is 13.2 Å². The van der Waals surface area contributed by atoms with Gasteiger partial charge >= 0.3 is 0 Å². The van der Waals surface area contributed by atoms with Crippen LogP contribution in [0.1, 0.15) is 27.2 Å². The highest BCUT2D eigenvalue weighted by atomic mass is 16.5. The fourth-order valence-electron chi connectivity index (χ4n) is 1.96. The second kappa shape index (κ2) is 3.45. The van der Waals surface area contributed by atoms with Gasteiger partial charge in [0.1, 0.15) is 0 Å². The van der Waals surface area contributed by atoms with Crippen molar-refractivity contribution in [3.05, 3.63) is 0 Å². The van der Waals surface area contributed by atoms with Gasteiger partial charge in [0.2, 0.25) is 0 Å². The first-order valence-corrected chi connectivity index (χ1v) is 4.63. The molecule has 2 heteroatoms. The molecule has 1 aliphatic heterocycles. The first kappa shape index (κ1) is 9.54. The Labute approximate surface area is 74.5 Å². The maximum absolute atomic E-state index is 9.02. The van der Waals surface area contributed by atoms with E-state index in [1.54, 1.807) is 0 Å². The summed E-state index contributed by atoms with van der Waals surface area (Å²) >= 11 is 0. The second-order valence-electron chi connectivity index (χ2n) is 4.06. The molecule has 0 aromatic rings. The van der Waals surface area contributed by atoms with Crippen LogP contribution in [-0.2, 0) is 4.74 Å². The third kappa shape index (κ3) is 1.34. The molecule has 1 saturated heterocycles. The predicted octanol–water partition coefficient (Wildman–Crippen LogP) is 2.21. The van der Waals surface area contributed by atoms with E-state index in [0.29, 0.717) is 5.92 Å². The van der Waals surface area contributed by atoms with E-state index >= 15 is 0 Å². The van der Waals surface area contributed by atoms with Gasteiger partial charge in [0.25, 0.3) is 0 Å². The molecule has 1 unspecified atom stereocenters. The van der Waals surface area contributed by atoms with Crippen molar-refractivity contribution in [3.8, 4) is 6.07 Å². The molecule has 2 nitrogen and oxygen atoms in total. The lowest BCUT2D eigenvalue weighted by atomic mass is 9.68. The summed E-state index contributed by atoms with van der Waals surface area (Å²) in [5.41, 5.74) is 0.170. The van der Waals surface area contributed by atoms with Crippen LogP contribution < -0.4 is 0 Å². The summed E-state index contributed by atoms with van der Waals surface area (Å²) in [4.78, 5) is 0. The van der Waals surface area contributed by atoms with E-state index in [-0.39, 0.29) is 11.3 Å². The average Bonchev–Trinajstić information content (AvgIpc) is 1.95. The van der Waals surface area contributed by atoms with E-state index in [2.05, 4.69) is 26.8 Å². The smallest absolute Gasteiger partial charge is 0.0666 e. The quantitative estimate of drug-likeness (QED) is 0.645. The summed E-state index contributed by atoms with van der Waals surface area (Å²) in [6.07, 6.45) is 1.06. The number of hydrogen-bond donors (Lipinski definition) is 0. The maximum Gasteiger partial charge on any atom is 0.0666 e. The zero-order valence-electron chi connectivity index (χ0n) is 8.13. The summed E-state index contributed by atoms with van der Waals surface area (Å²) in [6, 6.07) is 2.42. The Hall–Kier alpha value is -0.550. The molecule has 1 aliphatic rings. The number of nitriles is 1. The molecule has 0 saturated carbocycles. The molecule has 1 atom stereocenters. The van der Waals surface area contributed by atoms with Crippen molar-refractivity contribution < 1.29 is 4.74 Å². The molecule has 12 heavy (non-hydrogen) atoms. The van der Waals surface area contributed by atoms with Crippen LogP contribution in [0.2, 0.25) is 0 Å². The van der Waals surface area contributed by atoms with Crippen LogP contribution in [0, 0.1) is 28.6 Å². The number of hydrogen-bond acceptors (Lipinski definition) is 2. The molecule has 68 valence electrons. The zero-order chi connectivity index (χ0) is 9.19. The van der Waals surface area contributed by atoms with Crippen LogP contribution in [0.3, 0.4) is 0 Å². The fraction of sp³-hybridized carbons (Fsp3) is 0.900. The molecule has 1 heterocycles. The van der Waals surface area contributed by atoms with Gasteiger partial charge in [-0.05, 0) is 12.3 Å². The Bertz CT molecular complexity index is 183. The van der Waals surface area contributed by atoms with Gasteiger partial charge in [-0.2, -0.15) is 5.26 Å². The summed E-state index contributed by atoms with van der Waals surface area (Å²) in [5.74, 6) is 0.607. The maximum atomic E-state index is 9.02. The van der Waals surface area contributed by atoms with Crippen LogP contribution in [-0.4, -0.2) is 13.2 Å². The predicted molar refractivity (Wildman–Crippen MR) is 47.5 cm³/mol. The van der Waals surface area contributed by atoms with Crippen molar-refractivity contribution in [1.29, 1.82) is 5.26 Å². The highest BCUT2D eigenvalue weighted by molar-refractivity contribution is 5.02. The topological polar surface area (TPSA) is 33.0 Å². The molecule has 0 bridgehead atoms. The van der Waals surface area contributed by atoms with Crippen LogP contribution >= 0.6 is 0 Å². The third-order valence-electron chi connectivity index (χ3n) is 2.95. The van der Waals surface area contributed by atoms with Crippen molar-refractivity contribution in [2.24, 2.45) is 17.3 Å². The van der Waals surface area contributed by atoms with Gasteiger partial charge in [-0.25, -0.2) is 0 Å². The molecule has 1 rings (SSSR count). The molecular weight excluding hydrogens is 150 g/mol. The molecule has 0 N–H and O–H groups in total. The third-order valence-corrected chi connectivity index (χ3v) is 2.95. The van der Waals surface area contributed by atoms with E-state index in [1.165, 1.54) is 0 Å². The Kier molecular flexibility index (Phi) is 2.74. The summed E-state index contributed by atoms with van der Waals surface area (Å²) < 4.78 is 5.21. The highest BCUT2D eigenvalue weighted by Gasteiger charge is 2.45. The summed E-state index contributed by atoms with van der Waals surface area (Å²) in [5, 5.41) is 9.02. The normalized spacial score (nSPS) is 22.9. The van der Waals surface area contributed by atoms with E-state index in [4.69, 9.17) is 10.00 Å². The van der Waals surface area contributed by atoms with Crippen LogP contribution in [0.15, 0.2) is 0 Å². The minimum absolute atomic E-state index is 0.163. The number of rotatable bonds is 3. The van der Waals surface area contributed by atoms with Gasteiger partial charge in [-0.15, -0.1) is 0 Å². The standard InChI is InChI=1S/C10H17NO/c1-4-10(6-12-7-10)9(5-11)8(2)3/h8-9H,4,6-7H2,1-3H3. The van der Waals surface area contributed by atoms with Gasteiger partial charge in [0.15, 0.2) is 0 Å². The van der Waals surface area contributed by atoms with Crippen molar-refractivity contribution in [3.63, 3.8) is 0 Å². The van der Waals surface area contributed by atoms with Crippen LogP contribution in [0.5, 0.6) is 0 Å². The number of nitrogens with zero attached hydrogens (tertiary/aromatic N) is 1. The summed E-state index contributed by atoms with van der Waals surface area (Å²) in [6.45, 7) is 7.93. The molecule has 0 radical (unpaired) electrons. The minimum atomic E-state index is 0.163. The molecule has 0 aromatic carbocycles. The molecule has 0 aliphatic carbocycles. The minimum Gasteiger partial charge on any atom is -0.380 e. The van der Waals surface area contributed by atoms with Crippen molar-refractivity contribution in [2.45, 2.75) is 27.2 Å². The fourth-order valence-corrected chi connectivity index (χ4v) is 1.96. The first-order valence-electron chi connectivity index (χ1n) is 4.63. The van der Waals surface area contributed by atoms with Gasteiger partial charge < -0.3 is 4.74 Å². The Morgan fingerprint density at radius 2 is 2.08 bits per heavy atom. The molecular formula is C10H17NO. The zero-order valence-corrected chi connectivity index (χ0v) is 8.13.